The number of rotatable bonds is 4. The zero-order valence-electron chi connectivity index (χ0n) is 12.2. The highest BCUT2D eigenvalue weighted by molar-refractivity contribution is 8.19. The van der Waals surface area contributed by atoms with Crippen LogP contribution < -0.4 is 9.47 Å². The standard InChI is InChI=1S/C17H16O3S2/c1-19-14-6-2-12(3-7-14)16(18)20-15-8-4-13(5-9-15)17-21-10-11-22-17/h2-9,17H,10-11H2,1H3. The molecule has 1 saturated heterocycles. The van der Waals surface area contributed by atoms with Gasteiger partial charge in [-0.05, 0) is 42.0 Å². The van der Waals surface area contributed by atoms with Crippen LogP contribution in [0.2, 0.25) is 0 Å². The van der Waals surface area contributed by atoms with Crippen molar-refractivity contribution in [3.05, 3.63) is 59.7 Å². The van der Waals surface area contributed by atoms with Crippen molar-refractivity contribution in [2.45, 2.75) is 4.58 Å². The van der Waals surface area contributed by atoms with E-state index in [1.807, 2.05) is 47.8 Å². The maximum atomic E-state index is 12.1. The zero-order chi connectivity index (χ0) is 15.4. The number of hydrogen-bond donors (Lipinski definition) is 0. The van der Waals surface area contributed by atoms with Crippen molar-refractivity contribution in [2.75, 3.05) is 18.6 Å². The van der Waals surface area contributed by atoms with Gasteiger partial charge in [0.2, 0.25) is 0 Å². The smallest absolute Gasteiger partial charge is 0.343 e. The maximum absolute atomic E-state index is 12.1. The Balaban J connectivity index is 1.65. The SMILES string of the molecule is COc1ccc(C(=O)Oc2ccc(C3SCCS3)cc2)cc1. The predicted molar refractivity (Wildman–Crippen MR) is 92.1 cm³/mol. The Bertz CT molecular complexity index is 632. The highest BCUT2D eigenvalue weighted by atomic mass is 32.2. The molecule has 0 radical (unpaired) electrons. The van der Waals surface area contributed by atoms with Crippen LogP contribution >= 0.6 is 23.5 Å². The average molecular weight is 332 g/mol. The minimum absolute atomic E-state index is 0.361. The third kappa shape index (κ3) is 3.59. The van der Waals surface area contributed by atoms with Gasteiger partial charge in [0.25, 0.3) is 0 Å². The average Bonchev–Trinajstić information content (AvgIpc) is 3.10. The fourth-order valence-electron chi connectivity index (χ4n) is 2.14. The molecule has 1 heterocycles. The van der Waals surface area contributed by atoms with Gasteiger partial charge in [-0.2, -0.15) is 0 Å². The van der Waals surface area contributed by atoms with Crippen molar-refractivity contribution in [2.24, 2.45) is 0 Å². The van der Waals surface area contributed by atoms with Crippen LogP contribution in [-0.4, -0.2) is 24.6 Å². The van der Waals surface area contributed by atoms with Crippen molar-refractivity contribution in [1.82, 2.24) is 0 Å². The molecule has 1 aliphatic heterocycles. The third-order valence-corrected chi connectivity index (χ3v) is 6.41. The number of esters is 1. The molecule has 1 fully saturated rings. The molecular formula is C17H16O3S2. The van der Waals surface area contributed by atoms with Gasteiger partial charge >= 0.3 is 5.97 Å². The van der Waals surface area contributed by atoms with Crippen LogP contribution in [0.4, 0.5) is 0 Å². The lowest BCUT2D eigenvalue weighted by Crippen LogP contribution is -2.08. The van der Waals surface area contributed by atoms with Crippen molar-refractivity contribution in [1.29, 1.82) is 0 Å². The van der Waals surface area contributed by atoms with Crippen LogP contribution in [0.3, 0.4) is 0 Å². The largest absolute Gasteiger partial charge is 0.497 e. The number of benzene rings is 2. The van der Waals surface area contributed by atoms with Gasteiger partial charge in [-0.25, -0.2) is 4.79 Å². The number of carbonyl (C=O) groups excluding carboxylic acids is 1. The molecule has 0 amide bonds. The van der Waals surface area contributed by atoms with Gasteiger partial charge in [0.1, 0.15) is 11.5 Å². The van der Waals surface area contributed by atoms with Gasteiger partial charge in [0.15, 0.2) is 0 Å². The summed E-state index contributed by atoms with van der Waals surface area (Å²) in [5, 5.41) is 0. The second-order valence-electron chi connectivity index (χ2n) is 4.76. The molecular weight excluding hydrogens is 316 g/mol. The summed E-state index contributed by atoms with van der Waals surface area (Å²) in [6, 6.07) is 14.7. The van der Waals surface area contributed by atoms with E-state index in [0.29, 0.717) is 21.6 Å². The second kappa shape index (κ2) is 7.11. The Morgan fingerprint density at radius 2 is 1.55 bits per heavy atom. The quantitative estimate of drug-likeness (QED) is 0.613. The summed E-state index contributed by atoms with van der Waals surface area (Å²) in [4.78, 5) is 12.1. The summed E-state index contributed by atoms with van der Waals surface area (Å²) in [5.41, 5.74) is 1.78. The van der Waals surface area contributed by atoms with E-state index in [0.717, 1.165) is 0 Å². The minimum atomic E-state index is -0.361. The highest BCUT2D eigenvalue weighted by Crippen LogP contribution is 2.45. The Kier molecular flexibility index (Phi) is 4.95. The van der Waals surface area contributed by atoms with Gasteiger partial charge in [-0.1, -0.05) is 12.1 Å². The molecule has 1 aliphatic rings. The topological polar surface area (TPSA) is 35.5 Å². The number of thioether (sulfide) groups is 2. The molecule has 0 aliphatic carbocycles. The van der Waals surface area contributed by atoms with Crippen molar-refractivity contribution in [3.8, 4) is 11.5 Å². The number of methoxy groups -OCH3 is 1. The predicted octanol–water partition coefficient (Wildman–Crippen LogP) is 4.39. The van der Waals surface area contributed by atoms with Crippen LogP contribution in [0, 0.1) is 0 Å². The first kappa shape index (κ1) is 15.3. The van der Waals surface area contributed by atoms with Gasteiger partial charge in [-0.15, -0.1) is 23.5 Å². The molecule has 0 saturated carbocycles. The molecule has 0 bridgehead atoms. The molecule has 114 valence electrons. The van der Waals surface area contributed by atoms with E-state index in [1.165, 1.54) is 17.1 Å². The van der Waals surface area contributed by atoms with Crippen molar-refractivity contribution in [3.63, 3.8) is 0 Å². The van der Waals surface area contributed by atoms with Gasteiger partial charge in [0, 0.05) is 11.5 Å². The molecule has 0 aromatic heterocycles. The molecule has 0 spiro atoms. The molecule has 0 unspecified atom stereocenters. The van der Waals surface area contributed by atoms with E-state index in [1.54, 1.807) is 31.4 Å². The Hall–Kier alpha value is -1.59. The van der Waals surface area contributed by atoms with Crippen LogP contribution in [0.5, 0.6) is 11.5 Å². The number of ether oxygens (including phenoxy) is 2. The Morgan fingerprint density at radius 3 is 2.14 bits per heavy atom. The molecule has 0 atom stereocenters. The molecule has 0 N–H and O–H groups in total. The van der Waals surface area contributed by atoms with E-state index in [9.17, 15) is 4.79 Å². The van der Waals surface area contributed by atoms with Gasteiger partial charge in [-0.3, -0.25) is 0 Å². The number of carbonyl (C=O) groups is 1. The van der Waals surface area contributed by atoms with E-state index in [4.69, 9.17) is 9.47 Å². The highest BCUT2D eigenvalue weighted by Gasteiger charge is 2.18. The third-order valence-electron chi connectivity index (χ3n) is 3.31. The summed E-state index contributed by atoms with van der Waals surface area (Å²) in [6.07, 6.45) is 0. The summed E-state index contributed by atoms with van der Waals surface area (Å²) in [6.45, 7) is 0. The van der Waals surface area contributed by atoms with E-state index in [-0.39, 0.29) is 5.97 Å². The minimum Gasteiger partial charge on any atom is -0.497 e. The fraction of sp³-hybridized carbons (Fsp3) is 0.235. The fourth-order valence-corrected chi connectivity index (χ4v) is 5.00. The first-order chi connectivity index (χ1) is 10.8. The summed E-state index contributed by atoms with van der Waals surface area (Å²) in [5.74, 6) is 3.32. The lowest BCUT2D eigenvalue weighted by Gasteiger charge is -2.09. The Labute approximate surface area is 138 Å². The summed E-state index contributed by atoms with van der Waals surface area (Å²) in [7, 11) is 1.59. The van der Waals surface area contributed by atoms with Gasteiger partial charge < -0.3 is 9.47 Å². The van der Waals surface area contributed by atoms with Crippen molar-refractivity contribution >= 4 is 29.5 Å². The normalized spacial score (nSPS) is 14.8. The molecule has 3 rings (SSSR count). The van der Waals surface area contributed by atoms with E-state index in [2.05, 4.69) is 0 Å². The second-order valence-corrected chi connectivity index (χ2v) is 7.48. The van der Waals surface area contributed by atoms with Crippen molar-refractivity contribution < 1.29 is 14.3 Å². The van der Waals surface area contributed by atoms with Crippen LogP contribution in [0.1, 0.15) is 20.5 Å². The first-order valence-electron chi connectivity index (χ1n) is 6.95. The first-order valence-corrected chi connectivity index (χ1v) is 9.05. The Morgan fingerprint density at radius 1 is 0.955 bits per heavy atom. The number of hydrogen-bond acceptors (Lipinski definition) is 5. The lowest BCUT2D eigenvalue weighted by molar-refractivity contribution is 0.0734. The van der Waals surface area contributed by atoms with Crippen LogP contribution in [0.15, 0.2) is 48.5 Å². The van der Waals surface area contributed by atoms with Crippen LogP contribution in [0.25, 0.3) is 0 Å². The van der Waals surface area contributed by atoms with Crippen LogP contribution in [-0.2, 0) is 0 Å². The molecule has 3 nitrogen and oxygen atoms in total. The molecule has 2 aromatic carbocycles. The molecule has 2 aromatic rings. The summed E-state index contributed by atoms with van der Waals surface area (Å²) >= 11 is 3.92. The zero-order valence-corrected chi connectivity index (χ0v) is 13.8. The molecule has 5 heteroatoms. The maximum Gasteiger partial charge on any atom is 0.343 e. The lowest BCUT2D eigenvalue weighted by atomic mass is 10.2. The monoisotopic (exact) mass is 332 g/mol. The van der Waals surface area contributed by atoms with E-state index >= 15 is 0 Å². The molecule has 22 heavy (non-hydrogen) atoms. The summed E-state index contributed by atoms with van der Waals surface area (Å²) < 4.78 is 11.0. The van der Waals surface area contributed by atoms with E-state index < -0.39 is 0 Å². The van der Waals surface area contributed by atoms with Gasteiger partial charge in [0.05, 0.1) is 17.3 Å².